The fraction of sp³-hybridized carbons (Fsp3) is 0.333. The van der Waals surface area contributed by atoms with Crippen molar-refractivity contribution in [2.75, 3.05) is 11.5 Å². The van der Waals surface area contributed by atoms with E-state index in [4.69, 9.17) is 11.5 Å². The van der Waals surface area contributed by atoms with E-state index in [2.05, 4.69) is 10.6 Å². The first-order valence-electron chi connectivity index (χ1n) is 11.1. The van der Waals surface area contributed by atoms with Crippen molar-refractivity contribution in [2.45, 2.75) is 37.0 Å². The van der Waals surface area contributed by atoms with Gasteiger partial charge in [0.05, 0.1) is 12.1 Å². The number of benzene rings is 2. The third-order valence-electron chi connectivity index (χ3n) is 5.05. The Kier molecular flexibility index (Phi) is 12.3. The van der Waals surface area contributed by atoms with Crippen LogP contribution in [0.2, 0.25) is 0 Å². The normalized spacial score (nSPS) is 14.2. The van der Waals surface area contributed by atoms with E-state index in [1.54, 1.807) is 0 Å². The maximum Gasteiger partial charge on any atom is 0.327 e. The van der Waals surface area contributed by atoms with Crippen LogP contribution in [-0.4, -0.2) is 69.6 Å². The number of nitrogens with one attached hydrogen (secondary N) is 2. The summed E-state index contributed by atoms with van der Waals surface area (Å²) < 4.78 is 0. The predicted molar refractivity (Wildman–Crippen MR) is 140 cm³/mol. The second kappa shape index (κ2) is 15.1. The zero-order valence-electron chi connectivity index (χ0n) is 19.4. The highest BCUT2D eigenvalue weighted by atomic mass is 33.1. The van der Waals surface area contributed by atoms with Crippen molar-refractivity contribution in [3.63, 3.8) is 0 Å². The summed E-state index contributed by atoms with van der Waals surface area (Å²) in [6.45, 7) is 0. The Hall–Kier alpha value is -3.06. The van der Waals surface area contributed by atoms with Crippen molar-refractivity contribution < 1.29 is 29.4 Å². The molecule has 0 aliphatic carbocycles. The Morgan fingerprint density at radius 3 is 1.31 bits per heavy atom. The molecule has 2 rings (SSSR count). The molecule has 0 aromatic heterocycles. The van der Waals surface area contributed by atoms with Crippen LogP contribution in [0.5, 0.6) is 0 Å². The molecule has 2 amide bonds. The molecule has 0 aliphatic heterocycles. The molecule has 8 N–H and O–H groups in total. The van der Waals surface area contributed by atoms with Crippen LogP contribution < -0.4 is 22.1 Å². The Bertz CT molecular complexity index is 931. The summed E-state index contributed by atoms with van der Waals surface area (Å²) in [5, 5.41) is 23.7. The molecule has 0 saturated heterocycles. The largest absolute Gasteiger partial charge is 0.480 e. The average Bonchev–Trinajstić information content (AvgIpc) is 2.85. The van der Waals surface area contributed by atoms with Gasteiger partial charge in [0.25, 0.3) is 0 Å². The van der Waals surface area contributed by atoms with E-state index < -0.39 is 47.9 Å². The third kappa shape index (κ3) is 10.3. The summed E-state index contributed by atoms with van der Waals surface area (Å²) in [4.78, 5) is 47.9. The number of nitrogens with two attached hydrogens (primary N) is 2. The Balaban J connectivity index is 1.79. The Labute approximate surface area is 217 Å². The van der Waals surface area contributed by atoms with Crippen molar-refractivity contribution in [3.8, 4) is 0 Å². The van der Waals surface area contributed by atoms with Gasteiger partial charge in [-0.15, -0.1) is 0 Å². The summed E-state index contributed by atoms with van der Waals surface area (Å²) in [7, 11) is 2.13. The van der Waals surface area contributed by atoms with Gasteiger partial charge in [0, 0.05) is 11.5 Å². The summed E-state index contributed by atoms with van der Waals surface area (Å²) in [5.41, 5.74) is 13.5. The lowest BCUT2D eigenvalue weighted by Gasteiger charge is -2.19. The molecule has 4 atom stereocenters. The number of aliphatic carboxylic acids is 2. The molecule has 0 saturated carbocycles. The van der Waals surface area contributed by atoms with Gasteiger partial charge >= 0.3 is 11.9 Å². The van der Waals surface area contributed by atoms with Crippen LogP contribution in [-0.2, 0) is 32.0 Å². The van der Waals surface area contributed by atoms with Gasteiger partial charge in [-0.3, -0.25) is 9.59 Å². The van der Waals surface area contributed by atoms with Gasteiger partial charge in [0.1, 0.15) is 12.1 Å². The fourth-order valence-corrected chi connectivity index (χ4v) is 5.37. The van der Waals surface area contributed by atoms with Crippen molar-refractivity contribution in [1.82, 2.24) is 10.6 Å². The molecular formula is C24H30N4O6S2. The highest BCUT2D eigenvalue weighted by Gasteiger charge is 2.26. The minimum absolute atomic E-state index is 0.0302. The van der Waals surface area contributed by atoms with Gasteiger partial charge < -0.3 is 32.3 Å². The molecule has 0 aliphatic rings. The molecule has 0 spiro atoms. The Morgan fingerprint density at radius 2 is 1.00 bits per heavy atom. The molecule has 2 aromatic rings. The number of carboxylic acid groups (broad SMARTS) is 2. The SMILES string of the molecule is N[C@@H](Cc1ccccc1)C(=O)N[C@@H](CSSC[C@H](NC(=O)[C@@H](N)Cc1ccccc1)C(=O)O)C(=O)O. The number of carboxylic acids is 2. The first-order valence-corrected chi connectivity index (χ1v) is 13.6. The first kappa shape index (κ1) is 29.2. The number of amides is 2. The fourth-order valence-electron chi connectivity index (χ4n) is 3.06. The second-order valence-electron chi connectivity index (χ2n) is 7.96. The first-order chi connectivity index (χ1) is 17.2. The van der Waals surface area contributed by atoms with E-state index in [9.17, 15) is 29.4 Å². The van der Waals surface area contributed by atoms with Crippen LogP contribution in [0.3, 0.4) is 0 Å². The number of hydrogen-bond acceptors (Lipinski definition) is 8. The van der Waals surface area contributed by atoms with E-state index in [-0.39, 0.29) is 24.3 Å². The van der Waals surface area contributed by atoms with Crippen LogP contribution in [0.1, 0.15) is 11.1 Å². The number of carbonyl (C=O) groups is 4. The van der Waals surface area contributed by atoms with Gasteiger partial charge in [-0.05, 0) is 24.0 Å². The average molecular weight is 535 g/mol. The second-order valence-corrected chi connectivity index (χ2v) is 10.5. The molecular weight excluding hydrogens is 504 g/mol. The van der Waals surface area contributed by atoms with Gasteiger partial charge in [-0.25, -0.2) is 9.59 Å². The number of rotatable bonds is 15. The molecule has 10 nitrogen and oxygen atoms in total. The van der Waals surface area contributed by atoms with E-state index in [1.165, 1.54) is 0 Å². The molecule has 0 fully saturated rings. The molecule has 12 heteroatoms. The van der Waals surface area contributed by atoms with Crippen molar-refractivity contribution in [2.24, 2.45) is 11.5 Å². The van der Waals surface area contributed by atoms with E-state index in [0.29, 0.717) is 0 Å². The zero-order chi connectivity index (χ0) is 26.5. The van der Waals surface area contributed by atoms with Gasteiger partial charge in [-0.1, -0.05) is 82.3 Å². The van der Waals surface area contributed by atoms with Crippen LogP contribution in [0.15, 0.2) is 60.7 Å². The highest BCUT2D eigenvalue weighted by molar-refractivity contribution is 8.76. The number of carbonyl (C=O) groups excluding carboxylic acids is 2. The minimum atomic E-state index is -1.24. The van der Waals surface area contributed by atoms with Crippen molar-refractivity contribution in [1.29, 1.82) is 0 Å². The molecule has 36 heavy (non-hydrogen) atoms. The predicted octanol–water partition coefficient (Wildman–Crippen LogP) is 0.647. The molecule has 194 valence electrons. The lowest BCUT2D eigenvalue weighted by Crippen LogP contribution is -2.50. The van der Waals surface area contributed by atoms with Gasteiger partial charge in [0.15, 0.2) is 0 Å². The zero-order valence-corrected chi connectivity index (χ0v) is 21.0. The minimum Gasteiger partial charge on any atom is -0.480 e. The van der Waals surface area contributed by atoms with E-state index >= 15 is 0 Å². The van der Waals surface area contributed by atoms with E-state index in [1.807, 2.05) is 60.7 Å². The molecule has 0 radical (unpaired) electrons. The smallest absolute Gasteiger partial charge is 0.327 e. The quantitative estimate of drug-likeness (QED) is 0.140. The summed E-state index contributed by atoms with van der Waals surface area (Å²) >= 11 is 0. The van der Waals surface area contributed by atoms with E-state index in [0.717, 1.165) is 32.7 Å². The maximum absolute atomic E-state index is 12.4. The lowest BCUT2D eigenvalue weighted by atomic mass is 10.1. The molecule has 0 unspecified atom stereocenters. The highest BCUT2D eigenvalue weighted by Crippen LogP contribution is 2.23. The van der Waals surface area contributed by atoms with Gasteiger partial charge in [0.2, 0.25) is 11.8 Å². The lowest BCUT2D eigenvalue weighted by molar-refractivity contribution is -0.141. The Morgan fingerprint density at radius 1 is 0.667 bits per heavy atom. The van der Waals surface area contributed by atoms with Crippen LogP contribution in [0.4, 0.5) is 0 Å². The molecule has 0 heterocycles. The summed E-state index contributed by atoms with van der Waals surface area (Å²) in [6, 6.07) is 14.0. The topological polar surface area (TPSA) is 185 Å². The maximum atomic E-state index is 12.4. The van der Waals surface area contributed by atoms with Crippen LogP contribution in [0.25, 0.3) is 0 Å². The van der Waals surface area contributed by atoms with Crippen LogP contribution >= 0.6 is 21.6 Å². The summed E-state index contributed by atoms with van der Waals surface area (Å²) in [6.07, 6.45) is 0.514. The molecule has 2 aromatic carbocycles. The van der Waals surface area contributed by atoms with Crippen molar-refractivity contribution >= 4 is 45.3 Å². The van der Waals surface area contributed by atoms with Crippen molar-refractivity contribution in [3.05, 3.63) is 71.8 Å². The third-order valence-corrected chi connectivity index (χ3v) is 7.47. The molecule has 0 bridgehead atoms. The van der Waals surface area contributed by atoms with Gasteiger partial charge in [-0.2, -0.15) is 0 Å². The number of hydrogen-bond donors (Lipinski definition) is 6. The van der Waals surface area contributed by atoms with Crippen LogP contribution in [0, 0.1) is 0 Å². The standard InChI is InChI=1S/C24H30N4O6S2/c25-17(11-15-7-3-1-4-8-15)21(29)27-19(23(31)32)13-35-36-14-20(24(33)34)28-22(30)18(26)12-16-9-5-2-6-10-16/h1-10,17-20H,11-14,25-26H2,(H,27,29)(H,28,30)(H,31,32)(H,33,34)/t17-,18-,19-,20-/m0/s1. The monoisotopic (exact) mass is 534 g/mol. The summed E-state index contributed by atoms with van der Waals surface area (Å²) in [5.74, 6) is -3.73.